The van der Waals surface area contributed by atoms with Crippen molar-refractivity contribution in [1.82, 2.24) is 0 Å². The van der Waals surface area contributed by atoms with Crippen molar-refractivity contribution in [3.63, 3.8) is 0 Å². The standard InChI is InChI=1S/C8H16O/c1-4-5-6-8(9)7(2)3/h5-9H,4H2,1-3H3/b6-5+/t8-/m0/s1. The minimum absolute atomic E-state index is 0.259. The Hall–Kier alpha value is -0.300. The van der Waals surface area contributed by atoms with Crippen LogP contribution in [0.3, 0.4) is 0 Å². The van der Waals surface area contributed by atoms with E-state index in [1.54, 1.807) is 0 Å². The van der Waals surface area contributed by atoms with Crippen LogP contribution in [0.1, 0.15) is 27.2 Å². The molecule has 0 rings (SSSR count). The molecule has 0 saturated carbocycles. The Morgan fingerprint density at radius 1 is 1.44 bits per heavy atom. The number of aliphatic hydroxyl groups excluding tert-OH is 1. The molecule has 0 aromatic heterocycles. The molecule has 0 aliphatic heterocycles. The van der Waals surface area contributed by atoms with E-state index in [1.165, 1.54) is 0 Å². The molecule has 1 N–H and O–H groups in total. The molecule has 0 aliphatic rings. The summed E-state index contributed by atoms with van der Waals surface area (Å²) in [5.74, 6) is 0.341. The average Bonchev–Trinajstić information content (AvgIpc) is 1.82. The molecule has 0 fully saturated rings. The summed E-state index contributed by atoms with van der Waals surface area (Å²) in [5, 5.41) is 9.17. The Labute approximate surface area is 57.4 Å². The Morgan fingerprint density at radius 3 is 2.33 bits per heavy atom. The molecule has 9 heavy (non-hydrogen) atoms. The Bertz CT molecular complexity index is 84.6. The van der Waals surface area contributed by atoms with Crippen molar-refractivity contribution in [1.29, 1.82) is 0 Å². The molecule has 0 aromatic carbocycles. The molecular weight excluding hydrogens is 112 g/mol. The summed E-state index contributed by atoms with van der Waals surface area (Å²) in [6, 6.07) is 0. The zero-order valence-electron chi connectivity index (χ0n) is 6.46. The predicted octanol–water partition coefficient (Wildman–Crippen LogP) is 1.97. The molecule has 1 atom stereocenters. The largest absolute Gasteiger partial charge is 0.389 e. The second kappa shape index (κ2) is 4.57. The van der Waals surface area contributed by atoms with Crippen molar-refractivity contribution in [2.24, 2.45) is 5.92 Å². The van der Waals surface area contributed by atoms with Crippen molar-refractivity contribution in [2.75, 3.05) is 0 Å². The molecule has 0 aromatic rings. The summed E-state index contributed by atoms with van der Waals surface area (Å²) in [5.41, 5.74) is 0. The highest BCUT2D eigenvalue weighted by Gasteiger charge is 2.01. The van der Waals surface area contributed by atoms with Gasteiger partial charge >= 0.3 is 0 Å². The lowest BCUT2D eigenvalue weighted by atomic mass is 10.1. The first-order chi connectivity index (χ1) is 4.18. The highest BCUT2D eigenvalue weighted by Crippen LogP contribution is 2.01. The smallest absolute Gasteiger partial charge is 0.0743 e. The van der Waals surface area contributed by atoms with Gasteiger partial charge in [-0.2, -0.15) is 0 Å². The molecule has 0 radical (unpaired) electrons. The maximum absolute atomic E-state index is 9.17. The maximum Gasteiger partial charge on any atom is 0.0743 e. The lowest BCUT2D eigenvalue weighted by Crippen LogP contribution is -2.10. The Balaban J connectivity index is 3.48. The van der Waals surface area contributed by atoms with Crippen LogP contribution in [-0.2, 0) is 0 Å². The van der Waals surface area contributed by atoms with E-state index < -0.39 is 0 Å². The summed E-state index contributed by atoms with van der Waals surface area (Å²) in [6.45, 7) is 6.07. The van der Waals surface area contributed by atoms with Crippen LogP contribution in [0.2, 0.25) is 0 Å². The topological polar surface area (TPSA) is 20.2 Å². The molecule has 54 valence electrons. The second-order valence-electron chi connectivity index (χ2n) is 2.57. The first-order valence-electron chi connectivity index (χ1n) is 3.53. The van der Waals surface area contributed by atoms with Crippen LogP contribution in [0, 0.1) is 5.92 Å². The molecule has 0 heterocycles. The number of allylic oxidation sites excluding steroid dienone is 1. The van der Waals surface area contributed by atoms with Crippen LogP contribution < -0.4 is 0 Å². The van der Waals surface area contributed by atoms with Gasteiger partial charge in [-0.1, -0.05) is 32.9 Å². The van der Waals surface area contributed by atoms with Gasteiger partial charge in [0.2, 0.25) is 0 Å². The van der Waals surface area contributed by atoms with Gasteiger partial charge in [-0.15, -0.1) is 0 Å². The highest BCUT2D eigenvalue weighted by molar-refractivity contribution is 4.88. The molecular formula is C8H16O. The molecule has 0 amide bonds. The highest BCUT2D eigenvalue weighted by atomic mass is 16.3. The maximum atomic E-state index is 9.17. The predicted molar refractivity (Wildman–Crippen MR) is 40.3 cm³/mol. The third-order valence-electron chi connectivity index (χ3n) is 1.25. The molecule has 1 heteroatoms. The molecule has 0 aliphatic carbocycles. The van der Waals surface area contributed by atoms with Gasteiger partial charge < -0.3 is 5.11 Å². The quantitative estimate of drug-likeness (QED) is 0.576. The van der Waals surface area contributed by atoms with Gasteiger partial charge in [-0.25, -0.2) is 0 Å². The van der Waals surface area contributed by atoms with E-state index in [0.717, 1.165) is 6.42 Å². The van der Waals surface area contributed by atoms with Gasteiger partial charge in [0.15, 0.2) is 0 Å². The third kappa shape index (κ3) is 4.22. The first-order valence-corrected chi connectivity index (χ1v) is 3.53. The summed E-state index contributed by atoms with van der Waals surface area (Å²) in [7, 11) is 0. The number of hydrogen-bond acceptors (Lipinski definition) is 1. The lowest BCUT2D eigenvalue weighted by molar-refractivity contribution is 0.172. The summed E-state index contributed by atoms with van der Waals surface area (Å²) >= 11 is 0. The van der Waals surface area contributed by atoms with Crippen molar-refractivity contribution in [3.05, 3.63) is 12.2 Å². The van der Waals surface area contributed by atoms with Crippen LogP contribution in [-0.4, -0.2) is 11.2 Å². The first kappa shape index (κ1) is 8.70. The van der Waals surface area contributed by atoms with Gasteiger partial charge in [0, 0.05) is 0 Å². The van der Waals surface area contributed by atoms with E-state index in [1.807, 2.05) is 26.0 Å². The van der Waals surface area contributed by atoms with Gasteiger partial charge in [-0.3, -0.25) is 0 Å². The number of rotatable bonds is 3. The van der Waals surface area contributed by atoms with E-state index in [9.17, 15) is 5.11 Å². The van der Waals surface area contributed by atoms with Gasteiger partial charge in [0.1, 0.15) is 0 Å². The third-order valence-corrected chi connectivity index (χ3v) is 1.25. The van der Waals surface area contributed by atoms with E-state index in [0.29, 0.717) is 5.92 Å². The summed E-state index contributed by atoms with van der Waals surface area (Å²) < 4.78 is 0. The molecule has 0 saturated heterocycles. The van der Waals surface area contributed by atoms with Gasteiger partial charge in [-0.05, 0) is 12.3 Å². The van der Waals surface area contributed by atoms with Crippen molar-refractivity contribution in [2.45, 2.75) is 33.3 Å². The van der Waals surface area contributed by atoms with Crippen molar-refractivity contribution in [3.8, 4) is 0 Å². The van der Waals surface area contributed by atoms with Crippen molar-refractivity contribution >= 4 is 0 Å². The fourth-order valence-corrected chi connectivity index (χ4v) is 0.498. The summed E-state index contributed by atoms with van der Waals surface area (Å²) in [6.07, 6.45) is 4.59. The molecule has 0 spiro atoms. The Morgan fingerprint density at radius 2 is 2.00 bits per heavy atom. The average molecular weight is 128 g/mol. The van der Waals surface area contributed by atoms with Crippen LogP contribution in [0.15, 0.2) is 12.2 Å². The zero-order chi connectivity index (χ0) is 7.28. The van der Waals surface area contributed by atoms with E-state index >= 15 is 0 Å². The van der Waals surface area contributed by atoms with E-state index in [4.69, 9.17) is 0 Å². The van der Waals surface area contributed by atoms with E-state index in [2.05, 4.69) is 6.92 Å². The van der Waals surface area contributed by atoms with Gasteiger partial charge in [0.25, 0.3) is 0 Å². The van der Waals surface area contributed by atoms with Crippen LogP contribution >= 0.6 is 0 Å². The van der Waals surface area contributed by atoms with Crippen molar-refractivity contribution < 1.29 is 5.11 Å². The zero-order valence-corrected chi connectivity index (χ0v) is 6.46. The SMILES string of the molecule is CC/C=C/[C@H](O)C(C)C. The molecule has 0 bridgehead atoms. The fraction of sp³-hybridized carbons (Fsp3) is 0.750. The minimum atomic E-state index is -0.259. The second-order valence-corrected chi connectivity index (χ2v) is 2.57. The monoisotopic (exact) mass is 128 g/mol. The fourth-order valence-electron chi connectivity index (χ4n) is 0.498. The minimum Gasteiger partial charge on any atom is -0.389 e. The van der Waals surface area contributed by atoms with Crippen LogP contribution in [0.25, 0.3) is 0 Å². The van der Waals surface area contributed by atoms with Gasteiger partial charge in [0.05, 0.1) is 6.10 Å². The normalized spacial score (nSPS) is 15.2. The Kier molecular flexibility index (Phi) is 4.41. The van der Waals surface area contributed by atoms with Crippen LogP contribution in [0.5, 0.6) is 0 Å². The molecule has 0 unspecified atom stereocenters. The lowest BCUT2D eigenvalue weighted by Gasteiger charge is -2.07. The van der Waals surface area contributed by atoms with E-state index in [-0.39, 0.29) is 6.10 Å². The number of hydrogen-bond donors (Lipinski definition) is 1. The van der Waals surface area contributed by atoms with Crippen LogP contribution in [0.4, 0.5) is 0 Å². The number of aliphatic hydroxyl groups is 1. The molecule has 1 nitrogen and oxygen atoms in total. The summed E-state index contributed by atoms with van der Waals surface area (Å²) in [4.78, 5) is 0.